The van der Waals surface area contributed by atoms with Crippen LogP contribution >= 0.6 is 11.6 Å². The number of methoxy groups -OCH3 is 2. The molecule has 8 nitrogen and oxygen atoms in total. The standard InChI is InChI=1S/C18H23ClN2O6/c1-25-10-18(5-8-27-9-6-18)20-16(23)15(22)14-13(19)12(17(24)26-2)11-4-3-7-21(11)14/h3-10H2,1-2H3,(H,20,23). The van der Waals surface area contributed by atoms with E-state index in [-0.39, 0.29) is 22.9 Å². The van der Waals surface area contributed by atoms with Crippen molar-refractivity contribution in [3.63, 3.8) is 0 Å². The van der Waals surface area contributed by atoms with Gasteiger partial charge in [0.1, 0.15) is 5.69 Å². The molecule has 3 heterocycles. The van der Waals surface area contributed by atoms with Gasteiger partial charge in [0.15, 0.2) is 0 Å². The lowest BCUT2D eigenvalue weighted by Gasteiger charge is -2.37. The molecule has 3 rings (SSSR count). The van der Waals surface area contributed by atoms with Crippen molar-refractivity contribution in [1.29, 1.82) is 0 Å². The lowest BCUT2D eigenvalue weighted by atomic mass is 9.90. The molecule has 2 aliphatic heterocycles. The number of esters is 1. The van der Waals surface area contributed by atoms with Crippen LogP contribution in [0, 0.1) is 0 Å². The lowest BCUT2D eigenvalue weighted by molar-refractivity contribution is -0.121. The summed E-state index contributed by atoms with van der Waals surface area (Å²) in [4.78, 5) is 37.8. The van der Waals surface area contributed by atoms with Gasteiger partial charge in [0.05, 0.1) is 29.8 Å². The second kappa shape index (κ2) is 8.00. The summed E-state index contributed by atoms with van der Waals surface area (Å²) in [5, 5.41) is 2.80. The molecule has 0 bridgehead atoms. The molecule has 1 saturated heterocycles. The molecule has 0 spiro atoms. The fraction of sp³-hybridized carbons (Fsp3) is 0.611. The lowest BCUT2D eigenvalue weighted by Crippen LogP contribution is -2.56. The normalized spacial score (nSPS) is 18.0. The van der Waals surface area contributed by atoms with Crippen LogP contribution in [-0.4, -0.2) is 61.8 Å². The Morgan fingerprint density at radius 3 is 2.59 bits per heavy atom. The fourth-order valence-corrected chi connectivity index (χ4v) is 4.20. The molecule has 2 aliphatic rings. The number of Topliss-reactive ketones (excluding diaryl/α,β-unsaturated/α-hetero) is 1. The zero-order valence-corrected chi connectivity index (χ0v) is 16.2. The van der Waals surface area contributed by atoms with E-state index in [2.05, 4.69) is 5.32 Å². The number of nitrogens with zero attached hydrogens (tertiary/aromatic N) is 1. The Labute approximate surface area is 162 Å². The first-order valence-electron chi connectivity index (χ1n) is 8.87. The Balaban J connectivity index is 1.89. The Morgan fingerprint density at radius 2 is 1.96 bits per heavy atom. The summed E-state index contributed by atoms with van der Waals surface area (Å²) in [5.74, 6) is -2.13. The summed E-state index contributed by atoms with van der Waals surface area (Å²) >= 11 is 6.33. The number of ether oxygens (including phenoxy) is 3. The van der Waals surface area contributed by atoms with E-state index < -0.39 is 23.2 Å². The highest BCUT2D eigenvalue weighted by molar-refractivity contribution is 6.47. The number of rotatable bonds is 6. The third kappa shape index (κ3) is 3.61. The number of hydrogen-bond donors (Lipinski definition) is 1. The molecule has 148 valence electrons. The van der Waals surface area contributed by atoms with E-state index >= 15 is 0 Å². The van der Waals surface area contributed by atoms with Gasteiger partial charge in [-0.1, -0.05) is 11.6 Å². The highest BCUT2D eigenvalue weighted by Gasteiger charge is 2.39. The summed E-state index contributed by atoms with van der Waals surface area (Å²) in [6, 6.07) is 0. The molecular weight excluding hydrogens is 376 g/mol. The third-order valence-corrected chi connectivity index (χ3v) is 5.54. The zero-order chi connectivity index (χ0) is 19.6. The second-order valence-corrected chi connectivity index (χ2v) is 7.22. The van der Waals surface area contributed by atoms with Gasteiger partial charge >= 0.3 is 5.97 Å². The fourth-order valence-electron chi connectivity index (χ4n) is 3.83. The molecule has 0 aliphatic carbocycles. The van der Waals surface area contributed by atoms with Crippen LogP contribution in [-0.2, 0) is 32.0 Å². The number of halogens is 1. The predicted molar refractivity (Wildman–Crippen MR) is 96.2 cm³/mol. The van der Waals surface area contributed by atoms with Crippen molar-refractivity contribution in [2.75, 3.05) is 34.0 Å². The topological polar surface area (TPSA) is 95.9 Å². The minimum absolute atomic E-state index is 0.0236. The van der Waals surface area contributed by atoms with Crippen molar-refractivity contribution in [2.45, 2.75) is 37.8 Å². The van der Waals surface area contributed by atoms with E-state index in [0.717, 1.165) is 6.42 Å². The van der Waals surface area contributed by atoms with Gasteiger partial charge < -0.3 is 24.1 Å². The molecule has 0 radical (unpaired) electrons. The first-order valence-corrected chi connectivity index (χ1v) is 9.24. The van der Waals surface area contributed by atoms with Crippen LogP contribution in [0.15, 0.2) is 0 Å². The molecule has 0 aromatic carbocycles. The van der Waals surface area contributed by atoms with Gasteiger partial charge in [0.25, 0.3) is 11.7 Å². The highest BCUT2D eigenvalue weighted by atomic mass is 35.5. The van der Waals surface area contributed by atoms with Crippen LogP contribution in [0.5, 0.6) is 0 Å². The van der Waals surface area contributed by atoms with Crippen LogP contribution in [0.25, 0.3) is 0 Å². The van der Waals surface area contributed by atoms with E-state index in [0.29, 0.717) is 44.7 Å². The van der Waals surface area contributed by atoms with E-state index in [1.54, 1.807) is 11.7 Å². The zero-order valence-electron chi connectivity index (χ0n) is 15.4. The molecule has 1 aromatic rings. The number of amides is 1. The monoisotopic (exact) mass is 398 g/mol. The number of carbonyl (C=O) groups excluding carboxylic acids is 3. The largest absolute Gasteiger partial charge is 0.465 e. The van der Waals surface area contributed by atoms with E-state index in [1.807, 2.05) is 0 Å². The summed E-state index contributed by atoms with van der Waals surface area (Å²) in [5.41, 5.74) is 0.200. The molecule has 1 N–H and O–H groups in total. The van der Waals surface area contributed by atoms with Crippen LogP contribution in [0.1, 0.15) is 45.8 Å². The first kappa shape index (κ1) is 19.9. The molecule has 27 heavy (non-hydrogen) atoms. The van der Waals surface area contributed by atoms with Gasteiger partial charge in [-0.3, -0.25) is 9.59 Å². The molecule has 1 aromatic heterocycles. The minimum atomic E-state index is -0.764. The highest BCUT2D eigenvalue weighted by Crippen LogP contribution is 2.34. The quantitative estimate of drug-likeness (QED) is 0.441. The Morgan fingerprint density at radius 1 is 1.26 bits per heavy atom. The van der Waals surface area contributed by atoms with Crippen LogP contribution < -0.4 is 5.32 Å². The molecule has 1 amide bonds. The Bertz CT molecular complexity index is 761. The number of nitrogens with one attached hydrogen (secondary N) is 1. The molecule has 1 fully saturated rings. The van der Waals surface area contributed by atoms with Crippen molar-refractivity contribution in [3.8, 4) is 0 Å². The number of aromatic nitrogens is 1. The van der Waals surface area contributed by atoms with Crippen LogP contribution in [0.2, 0.25) is 5.02 Å². The van der Waals surface area contributed by atoms with E-state index in [9.17, 15) is 14.4 Å². The SMILES string of the molecule is COCC1(NC(=O)C(=O)c2c(Cl)c(C(=O)OC)c3n2CCC3)CCOCC1. The number of carbonyl (C=O) groups is 3. The average molecular weight is 399 g/mol. The summed E-state index contributed by atoms with van der Waals surface area (Å²) in [6.07, 6.45) is 2.47. The van der Waals surface area contributed by atoms with Gasteiger partial charge in [-0.15, -0.1) is 0 Å². The maximum absolute atomic E-state index is 12.9. The molecule has 0 unspecified atom stereocenters. The Hall–Kier alpha value is -1.90. The Kier molecular flexibility index (Phi) is 5.88. The van der Waals surface area contributed by atoms with E-state index in [1.165, 1.54) is 7.11 Å². The van der Waals surface area contributed by atoms with Crippen molar-refractivity contribution in [3.05, 3.63) is 22.0 Å². The first-order chi connectivity index (χ1) is 12.9. The molecule has 9 heteroatoms. The predicted octanol–water partition coefficient (Wildman–Crippen LogP) is 1.37. The number of ketones is 1. The average Bonchev–Trinajstić information content (AvgIpc) is 3.21. The van der Waals surface area contributed by atoms with Gasteiger partial charge in [0.2, 0.25) is 0 Å². The van der Waals surface area contributed by atoms with E-state index in [4.69, 9.17) is 25.8 Å². The minimum Gasteiger partial charge on any atom is -0.465 e. The number of fused-ring (bicyclic) bond motifs is 1. The molecule has 0 atom stereocenters. The number of hydrogen-bond acceptors (Lipinski definition) is 6. The van der Waals surface area contributed by atoms with Crippen LogP contribution in [0.4, 0.5) is 0 Å². The summed E-state index contributed by atoms with van der Waals surface area (Å²) in [7, 11) is 2.80. The third-order valence-electron chi connectivity index (χ3n) is 5.17. The van der Waals surface area contributed by atoms with Crippen molar-refractivity contribution in [2.24, 2.45) is 0 Å². The maximum atomic E-state index is 12.9. The second-order valence-electron chi connectivity index (χ2n) is 6.84. The van der Waals surface area contributed by atoms with Crippen molar-refractivity contribution < 1.29 is 28.6 Å². The van der Waals surface area contributed by atoms with Crippen molar-refractivity contribution in [1.82, 2.24) is 9.88 Å². The summed E-state index contributed by atoms with van der Waals surface area (Å²) < 4.78 is 17.0. The van der Waals surface area contributed by atoms with Gasteiger partial charge in [-0.05, 0) is 25.7 Å². The van der Waals surface area contributed by atoms with Crippen LogP contribution in [0.3, 0.4) is 0 Å². The molecular formula is C18H23ClN2O6. The van der Waals surface area contributed by atoms with Crippen molar-refractivity contribution >= 4 is 29.3 Å². The van der Waals surface area contributed by atoms with Gasteiger partial charge in [-0.2, -0.15) is 0 Å². The smallest absolute Gasteiger partial charge is 0.341 e. The van der Waals surface area contributed by atoms with Gasteiger partial charge in [-0.25, -0.2) is 4.79 Å². The van der Waals surface area contributed by atoms with Gasteiger partial charge in [0, 0.05) is 32.6 Å². The summed E-state index contributed by atoms with van der Waals surface area (Å²) in [6.45, 7) is 1.76. The molecule has 0 saturated carbocycles. The maximum Gasteiger partial charge on any atom is 0.341 e.